The van der Waals surface area contributed by atoms with E-state index in [0.717, 1.165) is 11.4 Å². The highest BCUT2D eigenvalue weighted by Gasteiger charge is 2.34. The smallest absolute Gasteiger partial charge is 0.251 e. The van der Waals surface area contributed by atoms with E-state index in [0.29, 0.717) is 22.3 Å². The van der Waals surface area contributed by atoms with Crippen molar-refractivity contribution in [2.45, 2.75) is 35.8 Å². The molecule has 3 aliphatic rings. The number of amides is 2. The summed E-state index contributed by atoms with van der Waals surface area (Å²) in [6, 6.07) is 9.56. The minimum absolute atomic E-state index is 0.00348. The second kappa shape index (κ2) is 7.78. The Bertz CT molecular complexity index is 825. The van der Waals surface area contributed by atoms with E-state index in [9.17, 15) is 9.59 Å². The van der Waals surface area contributed by atoms with E-state index in [2.05, 4.69) is 15.5 Å². The van der Waals surface area contributed by atoms with Gasteiger partial charge in [0.1, 0.15) is 6.26 Å². The SMILES string of the molecule is CC(=O)Nc1coc(Sc2ccc(C(=O)NC3CN4CCC3CC4)cc2)c1. The van der Waals surface area contributed by atoms with Crippen LogP contribution in [0.2, 0.25) is 0 Å². The Morgan fingerprint density at radius 3 is 2.56 bits per heavy atom. The molecule has 2 aromatic rings. The maximum Gasteiger partial charge on any atom is 0.251 e. The summed E-state index contributed by atoms with van der Waals surface area (Å²) in [5.41, 5.74) is 1.31. The van der Waals surface area contributed by atoms with Crippen LogP contribution in [0.5, 0.6) is 0 Å². The van der Waals surface area contributed by atoms with Crippen LogP contribution in [0.25, 0.3) is 0 Å². The molecule has 5 rings (SSSR count). The molecule has 1 atom stereocenters. The van der Waals surface area contributed by atoms with Crippen molar-refractivity contribution < 1.29 is 14.0 Å². The van der Waals surface area contributed by atoms with Gasteiger partial charge in [-0.05, 0) is 56.1 Å². The number of nitrogens with zero attached hydrogens (tertiary/aromatic N) is 1. The highest BCUT2D eigenvalue weighted by molar-refractivity contribution is 7.99. The van der Waals surface area contributed by atoms with E-state index >= 15 is 0 Å². The number of carbonyl (C=O) groups excluding carboxylic acids is 2. The van der Waals surface area contributed by atoms with Crippen LogP contribution in [0.1, 0.15) is 30.1 Å². The maximum atomic E-state index is 12.6. The van der Waals surface area contributed by atoms with Crippen molar-refractivity contribution in [3.05, 3.63) is 42.2 Å². The molecule has 0 aliphatic carbocycles. The number of rotatable bonds is 5. The first-order valence-electron chi connectivity index (χ1n) is 9.24. The Labute approximate surface area is 162 Å². The quantitative estimate of drug-likeness (QED) is 0.827. The largest absolute Gasteiger partial charge is 0.456 e. The summed E-state index contributed by atoms with van der Waals surface area (Å²) in [4.78, 5) is 27.0. The molecule has 3 saturated heterocycles. The molecule has 1 aromatic heterocycles. The third kappa shape index (κ3) is 4.36. The first-order valence-corrected chi connectivity index (χ1v) is 10.1. The normalized spacial score (nSPS) is 23.8. The molecule has 2 bridgehead atoms. The van der Waals surface area contributed by atoms with Gasteiger partial charge < -0.3 is 20.0 Å². The van der Waals surface area contributed by atoms with Crippen molar-refractivity contribution in [3.63, 3.8) is 0 Å². The van der Waals surface area contributed by atoms with Gasteiger partial charge in [-0.2, -0.15) is 0 Å². The van der Waals surface area contributed by atoms with Gasteiger partial charge in [-0.15, -0.1) is 0 Å². The van der Waals surface area contributed by atoms with Gasteiger partial charge in [-0.25, -0.2) is 0 Å². The number of piperidine rings is 3. The molecule has 1 unspecified atom stereocenters. The number of hydrogen-bond acceptors (Lipinski definition) is 5. The highest BCUT2D eigenvalue weighted by atomic mass is 32.2. The summed E-state index contributed by atoms with van der Waals surface area (Å²) in [5, 5.41) is 6.58. The molecule has 6 nitrogen and oxygen atoms in total. The van der Waals surface area contributed by atoms with Crippen molar-refractivity contribution in [2.75, 3.05) is 25.0 Å². The Morgan fingerprint density at radius 1 is 1.19 bits per heavy atom. The molecule has 2 N–H and O–H groups in total. The number of nitrogens with one attached hydrogen (secondary N) is 2. The monoisotopic (exact) mass is 385 g/mol. The molecular weight excluding hydrogens is 362 g/mol. The van der Waals surface area contributed by atoms with Crippen LogP contribution < -0.4 is 10.6 Å². The Kier molecular flexibility index (Phi) is 5.22. The van der Waals surface area contributed by atoms with E-state index in [-0.39, 0.29) is 17.9 Å². The molecular formula is C20H23N3O3S. The highest BCUT2D eigenvalue weighted by Crippen LogP contribution is 2.31. The van der Waals surface area contributed by atoms with E-state index in [1.807, 2.05) is 24.3 Å². The van der Waals surface area contributed by atoms with Gasteiger partial charge in [0.25, 0.3) is 5.91 Å². The third-order valence-corrected chi connectivity index (χ3v) is 6.13. The summed E-state index contributed by atoms with van der Waals surface area (Å²) in [6.07, 6.45) is 3.88. The maximum absolute atomic E-state index is 12.6. The van der Waals surface area contributed by atoms with Crippen molar-refractivity contribution in [3.8, 4) is 0 Å². The molecule has 3 fully saturated rings. The van der Waals surface area contributed by atoms with Crippen LogP contribution in [0, 0.1) is 5.92 Å². The third-order valence-electron chi connectivity index (χ3n) is 5.20. The van der Waals surface area contributed by atoms with Gasteiger partial charge in [0.2, 0.25) is 5.91 Å². The fraction of sp³-hybridized carbons (Fsp3) is 0.400. The van der Waals surface area contributed by atoms with Crippen LogP contribution in [-0.4, -0.2) is 42.4 Å². The predicted molar refractivity (Wildman–Crippen MR) is 104 cm³/mol. The molecule has 27 heavy (non-hydrogen) atoms. The standard InChI is InChI=1S/C20H23N3O3S/c1-13(24)21-16-10-19(26-12-16)27-17-4-2-15(3-5-17)20(25)22-18-11-23-8-6-14(18)7-9-23/h2-5,10,12,14,18H,6-9,11H2,1H3,(H,21,24)(H,22,25). The molecule has 4 heterocycles. The summed E-state index contributed by atoms with van der Waals surface area (Å²) in [6.45, 7) is 4.76. The average molecular weight is 385 g/mol. The Hall–Kier alpha value is -2.25. The number of furan rings is 1. The van der Waals surface area contributed by atoms with Gasteiger partial charge in [-0.1, -0.05) is 11.8 Å². The molecule has 2 amide bonds. The Balaban J connectivity index is 1.35. The lowest BCUT2D eigenvalue weighted by Crippen LogP contribution is -2.57. The number of anilines is 1. The van der Waals surface area contributed by atoms with Gasteiger partial charge in [0.05, 0.1) is 5.69 Å². The Morgan fingerprint density at radius 2 is 1.93 bits per heavy atom. The summed E-state index contributed by atoms with van der Waals surface area (Å²) in [5.74, 6) is 0.479. The fourth-order valence-electron chi connectivity index (χ4n) is 3.81. The minimum atomic E-state index is -0.134. The molecule has 1 aromatic carbocycles. The van der Waals surface area contributed by atoms with E-state index in [4.69, 9.17) is 4.42 Å². The predicted octanol–water partition coefficient (Wildman–Crippen LogP) is 3.21. The average Bonchev–Trinajstić information content (AvgIpc) is 3.09. The summed E-state index contributed by atoms with van der Waals surface area (Å²) < 4.78 is 5.44. The van der Waals surface area contributed by atoms with Crippen molar-refractivity contribution in [1.29, 1.82) is 0 Å². The number of fused-ring (bicyclic) bond motifs is 3. The molecule has 0 radical (unpaired) electrons. The summed E-state index contributed by atoms with van der Waals surface area (Å²) in [7, 11) is 0. The van der Waals surface area contributed by atoms with Crippen molar-refractivity contribution in [2.24, 2.45) is 5.92 Å². The lowest BCUT2D eigenvalue weighted by Gasteiger charge is -2.44. The van der Waals surface area contributed by atoms with Crippen LogP contribution >= 0.6 is 11.8 Å². The fourth-order valence-corrected chi connectivity index (χ4v) is 4.60. The number of hydrogen-bond donors (Lipinski definition) is 2. The first kappa shape index (κ1) is 18.1. The topological polar surface area (TPSA) is 74.6 Å². The van der Waals surface area contributed by atoms with Gasteiger partial charge in [0, 0.05) is 36.0 Å². The van der Waals surface area contributed by atoms with Gasteiger partial charge in [-0.3, -0.25) is 9.59 Å². The van der Waals surface area contributed by atoms with Crippen molar-refractivity contribution >= 4 is 29.3 Å². The van der Waals surface area contributed by atoms with Gasteiger partial charge in [0.15, 0.2) is 5.09 Å². The number of benzene rings is 1. The second-order valence-corrected chi connectivity index (χ2v) is 8.26. The molecule has 3 aliphatic heterocycles. The van der Waals surface area contributed by atoms with Crippen molar-refractivity contribution in [1.82, 2.24) is 10.2 Å². The first-order chi connectivity index (χ1) is 13.1. The number of carbonyl (C=O) groups is 2. The summed E-state index contributed by atoms with van der Waals surface area (Å²) >= 11 is 1.45. The molecule has 7 heteroatoms. The van der Waals surface area contributed by atoms with E-state index < -0.39 is 0 Å². The second-order valence-electron chi connectivity index (χ2n) is 7.18. The zero-order valence-corrected chi connectivity index (χ0v) is 16.1. The van der Waals surface area contributed by atoms with E-state index in [1.165, 1.54) is 50.9 Å². The zero-order valence-electron chi connectivity index (χ0n) is 15.2. The van der Waals surface area contributed by atoms with Crippen LogP contribution in [-0.2, 0) is 4.79 Å². The molecule has 0 saturated carbocycles. The molecule has 0 spiro atoms. The van der Waals surface area contributed by atoms with Crippen LogP contribution in [0.4, 0.5) is 5.69 Å². The lowest BCUT2D eigenvalue weighted by molar-refractivity contribution is -0.114. The van der Waals surface area contributed by atoms with E-state index in [1.54, 1.807) is 6.07 Å². The zero-order chi connectivity index (χ0) is 18.8. The molecule has 142 valence electrons. The lowest BCUT2D eigenvalue weighted by atomic mass is 9.84. The van der Waals surface area contributed by atoms with Gasteiger partial charge >= 0.3 is 0 Å². The van der Waals surface area contributed by atoms with Crippen LogP contribution in [0.15, 0.2) is 51.0 Å². The minimum Gasteiger partial charge on any atom is -0.456 e. The van der Waals surface area contributed by atoms with Crippen LogP contribution in [0.3, 0.4) is 0 Å².